The van der Waals surface area contributed by atoms with Gasteiger partial charge in [-0.05, 0) is 36.5 Å². The first-order chi connectivity index (χ1) is 7.24. The molecule has 1 heterocycles. The predicted octanol–water partition coefficient (Wildman–Crippen LogP) is 3.16. The van der Waals surface area contributed by atoms with Crippen molar-refractivity contribution in [2.24, 2.45) is 0 Å². The highest BCUT2D eigenvalue weighted by Crippen LogP contribution is 2.21. The third kappa shape index (κ3) is 2.90. The largest absolute Gasteiger partial charge is 0.348 e. The fourth-order valence-electron chi connectivity index (χ4n) is 1.00. The van der Waals surface area contributed by atoms with Crippen molar-refractivity contribution >= 4 is 24.0 Å². The summed E-state index contributed by atoms with van der Waals surface area (Å²) in [5.41, 5.74) is 0. The highest BCUT2D eigenvalue weighted by molar-refractivity contribution is 7.98. The Kier molecular flexibility index (Phi) is 3.17. The first kappa shape index (κ1) is 10.4. The summed E-state index contributed by atoms with van der Waals surface area (Å²) in [4.78, 5) is 5.11. The number of aromatic amines is 1. The maximum Gasteiger partial charge on any atom is 0.314 e. The number of rotatable bonds is 3. The van der Waals surface area contributed by atoms with Crippen LogP contribution >= 0.6 is 24.0 Å². The molecule has 6 heteroatoms. The number of halogens is 1. The highest BCUT2D eigenvalue weighted by atomic mass is 32.2. The summed E-state index contributed by atoms with van der Waals surface area (Å²) >= 11 is 6.24. The van der Waals surface area contributed by atoms with E-state index in [0.29, 0.717) is 11.6 Å². The Morgan fingerprint density at radius 2 is 2.13 bits per heavy atom. The molecule has 3 nitrogen and oxygen atoms in total. The van der Waals surface area contributed by atoms with Crippen LogP contribution in [0.1, 0.15) is 5.82 Å². The van der Waals surface area contributed by atoms with Crippen LogP contribution in [0.4, 0.5) is 4.39 Å². The van der Waals surface area contributed by atoms with Crippen LogP contribution in [-0.2, 0) is 5.75 Å². The molecule has 1 aromatic carbocycles. The van der Waals surface area contributed by atoms with E-state index in [0.717, 1.165) is 4.90 Å². The normalized spacial score (nSPS) is 10.5. The zero-order chi connectivity index (χ0) is 10.7. The first-order valence-electron chi connectivity index (χ1n) is 4.17. The van der Waals surface area contributed by atoms with Gasteiger partial charge in [-0.25, -0.2) is 9.55 Å². The van der Waals surface area contributed by atoms with Crippen molar-refractivity contribution in [3.63, 3.8) is 0 Å². The summed E-state index contributed by atoms with van der Waals surface area (Å²) in [6.45, 7) is 0. The summed E-state index contributed by atoms with van der Waals surface area (Å²) in [6, 6.07) is 6.28. The van der Waals surface area contributed by atoms with E-state index < -0.39 is 0 Å². The van der Waals surface area contributed by atoms with Crippen LogP contribution in [0, 0.1) is 10.7 Å². The molecule has 0 atom stereocenters. The Bertz CT molecular complexity index is 491. The summed E-state index contributed by atoms with van der Waals surface area (Å²) in [5, 5.41) is 2.60. The zero-order valence-corrected chi connectivity index (χ0v) is 9.20. The molecule has 0 saturated heterocycles. The number of hydrogen-bond donors (Lipinski definition) is 1. The minimum Gasteiger partial charge on any atom is -0.348 e. The number of nitrogens with zero attached hydrogens (tertiary/aromatic N) is 1. The van der Waals surface area contributed by atoms with Crippen molar-refractivity contribution < 1.29 is 8.91 Å². The van der Waals surface area contributed by atoms with Crippen LogP contribution in [0.15, 0.2) is 33.7 Å². The average molecular weight is 242 g/mol. The van der Waals surface area contributed by atoms with E-state index in [4.69, 9.17) is 16.7 Å². The second kappa shape index (κ2) is 4.59. The summed E-state index contributed by atoms with van der Waals surface area (Å²) < 4.78 is 17.4. The molecular weight excluding hydrogens is 235 g/mol. The first-order valence-corrected chi connectivity index (χ1v) is 5.56. The fourth-order valence-corrected chi connectivity index (χ4v) is 1.91. The van der Waals surface area contributed by atoms with Gasteiger partial charge in [-0.1, -0.05) is 0 Å². The molecule has 78 valence electrons. The van der Waals surface area contributed by atoms with Crippen LogP contribution in [0.25, 0.3) is 0 Å². The molecule has 15 heavy (non-hydrogen) atoms. The van der Waals surface area contributed by atoms with Crippen LogP contribution in [0.5, 0.6) is 0 Å². The Morgan fingerprint density at radius 3 is 2.73 bits per heavy atom. The van der Waals surface area contributed by atoms with Crippen molar-refractivity contribution in [2.45, 2.75) is 10.6 Å². The maximum absolute atomic E-state index is 12.6. The molecular formula is C9H7FN2OS2. The smallest absolute Gasteiger partial charge is 0.314 e. The summed E-state index contributed by atoms with van der Waals surface area (Å²) in [7, 11) is 0. The van der Waals surface area contributed by atoms with Gasteiger partial charge in [0.05, 0.1) is 5.75 Å². The van der Waals surface area contributed by atoms with Gasteiger partial charge in [-0.15, -0.1) is 11.8 Å². The molecule has 0 aliphatic heterocycles. The molecule has 2 rings (SSSR count). The molecule has 0 spiro atoms. The van der Waals surface area contributed by atoms with Crippen molar-refractivity contribution in [3.8, 4) is 0 Å². The lowest BCUT2D eigenvalue weighted by molar-refractivity contribution is 0.400. The molecule has 1 N–H and O–H groups in total. The molecule has 0 aliphatic carbocycles. The molecule has 0 unspecified atom stereocenters. The Labute approximate surface area is 94.7 Å². The summed E-state index contributed by atoms with van der Waals surface area (Å²) in [6.07, 6.45) is 0. The van der Waals surface area contributed by atoms with Crippen LogP contribution < -0.4 is 0 Å². The van der Waals surface area contributed by atoms with E-state index in [2.05, 4.69) is 10.1 Å². The Hall–Kier alpha value is -1.14. The lowest BCUT2D eigenvalue weighted by Gasteiger charge is -1.97. The Balaban J connectivity index is 1.99. The van der Waals surface area contributed by atoms with Gasteiger partial charge in [0.1, 0.15) is 5.82 Å². The van der Waals surface area contributed by atoms with E-state index in [1.807, 2.05) is 0 Å². The van der Waals surface area contributed by atoms with Gasteiger partial charge in [-0.3, -0.25) is 0 Å². The third-order valence-corrected chi connectivity index (χ3v) is 2.87. The van der Waals surface area contributed by atoms with Gasteiger partial charge in [0, 0.05) is 4.90 Å². The standard InChI is InChI=1S/C9H7FN2OS2/c10-6-1-3-7(4-2-6)15-5-8-11-9(14)13-12-8/h1-4H,5H2,(H,11,12,14). The quantitative estimate of drug-likeness (QED) is 0.663. The molecule has 0 bridgehead atoms. The van der Waals surface area contributed by atoms with Gasteiger partial charge < -0.3 is 4.52 Å². The van der Waals surface area contributed by atoms with E-state index in [-0.39, 0.29) is 10.7 Å². The Morgan fingerprint density at radius 1 is 1.40 bits per heavy atom. The van der Waals surface area contributed by atoms with E-state index in [9.17, 15) is 4.39 Å². The third-order valence-electron chi connectivity index (χ3n) is 1.67. The van der Waals surface area contributed by atoms with Gasteiger partial charge in [0.15, 0.2) is 5.82 Å². The zero-order valence-electron chi connectivity index (χ0n) is 7.57. The van der Waals surface area contributed by atoms with Crippen molar-refractivity contribution in [1.29, 1.82) is 0 Å². The van der Waals surface area contributed by atoms with Gasteiger partial charge in [0.2, 0.25) is 0 Å². The van der Waals surface area contributed by atoms with Crippen LogP contribution in [-0.4, -0.2) is 10.1 Å². The molecule has 1 aromatic heterocycles. The molecule has 0 fully saturated rings. The van der Waals surface area contributed by atoms with Crippen LogP contribution in [0.3, 0.4) is 0 Å². The van der Waals surface area contributed by atoms with Crippen LogP contribution in [0.2, 0.25) is 0 Å². The second-order valence-corrected chi connectivity index (χ2v) is 4.17. The van der Waals surface area contributed by atoms with E-state index >= 15 is 0 Å². The topological polar surface area (TPSA) is 41.8 Å². The molecule has 0 radical (unpaired) electrons. The number of benzene rings is 1. The SMILES string of the molecule is Fc1ccc(SCc2nc(=S)o[nH]2)cc1. The van der Waals surface area contributed by atoms with Gasteiger partial charge in [0.25, 0.3) is 0 Å². The number of H-pyrrole nitrogens is 1. The number of aromatic nitrogens is 2. The fraction of sp³-hybridized carbons (Fsp3) is 0.111. The minimum absolute atomic E-state index is 0.199. The second-order valence-electron chi connectivity index (χ2n) is 2.77. The number of nitrogens with one attached hydrogen (secondary N) is 1. The molecule has 0 saturated carbocycles. The lowest BCUT2D eigenvalue weighted by Crippen LogP contribution is -1.83. The number of thioether (sulfide) groups is 1. The number of hydrogen-bond acceptors (Lipinski definition) is 4. The minimum atomic E-state index is -0.236. The highest BCUT2D eigenvalue weighted by Gasteiger charge is 2.00. The van der Waals surface area contributed by atoms with E-state index in [1.165, 1.54) is 23.9 Å². The van der Waals surface area contributed by atoms with Gasteiger partial charge in [-0.2, -0.15) is 4.98 Å². The molecule has 0 aliphatic rings. The van der Waals surface area contributed by atoms with E-state index in [1.54, 1.807) is 12.1 Å². The maximum atomic E-state index is 12.6. The lowest BCUT2D eigenvalue weighted by atomic mass is 10.4. The molecule has 0 amide bonds. The van der Waals surface area contributed by atoms with Crippen molar-refractivity contribution in [1.82, 2.24) is 10.1 Å². The van der Waals surface area contributed by atoms with Gasteiger partial charge >= 0.3 is 4.84 Å². The monoisotopic (exact) mass is 242 g/mol. The summed E-state index contributed by atoms with van der Waals surface area (Å²) in [5.74, 6) is 1.06. The predicted molar refractivity (Wildman–Crippen MR) is 57.6 cm³/mol. The van der Waals surface area contributed by atoms with Crippen molar-refractivity contribution in [3.05, 3.63) is 40.7 Å². The van der Waals surface area contributed by atoms with Crippen molar-refractivity contribution in [2.75, 3.05) is 0 Å². The average Bonchev–Trinajstić information content (AvgIpc) is 2.64. The molecule has 2 aromatic rings.